The van der Waals surface area contributed by atoms with Crippen molar-refractivity contribution in [2.45, 2.75) is 67.5 Å². The molecule has 1 aliphatic heterocycles. The Morgan fingerprint density at radius 1 is 0.885 bits per heavy atom. The molecule has 26 heavy (non-hydrogen) atoms. The minimum atomic E-state index is -1.74. The number of rotatable bonds is 5. The highest BCUT2D eigenvalue weighted by Crippen LogP contribution is 2.31. The fourth-order valence-corrected chi connectivity index (χ4v) is 3.04. The van der Waals surface area contributed by atoms with E-state index in [0.29, 0.717) is 0 Å². The average Bonchev–Trinajstić information content (AvgIpc) is 2.63. The van der Waals surface area contributed by atoms with Gasteiger partial charge in [0.05, 0.1) is 30.9 Å². The second-order valence-corrected chi connectivity index (χ2v) is 6.06. The fourth-order valence-electron chi connectivity index (χ4n) is 3.04. The molecule has 1 heterocycles. The zero-order valence-electron chi connectivity index (χ0n) is 13.4. The van der Waals surface area contributed by atoms with E-state index in [1.165, 1.54) is 0 Å². The van der Waals surface area contributed by atoms with Crippen molar-refractivity contribution in [3.05, 3.63) is 20.9 Å². The van der Waals surface area contributed by atoms with Crippen molar-refractivity contribution < 1.29 is 40.1 Å². The molecule has 146 valence electrons. The van der Waals surface area contributed by atoms with Gasteiger partial charge in [0.25, 0.3) is 0 Å². The van der Waals surface area contributed by atoms with Crippen molar-refractivity contribution in [1.29, 1.82) is 0 Å². The number of azide groups is 2. The third-order valence-corrected chi connectivity index (χ3v) is 4.48. The second kappa shape index (κ2) is 8.79. The quantitative estimate of drug-likeness (QED) is 0.172. The van der Waals surface area contributed by atoms with Crippen LogP contribution in [0.5, 0.6) is 0 Å². The lowest BCUT2D eigenvalue weighted by atomic mass is 9.84. The van der Waals surface area contributed by atoms with E-state index in [2.05, 4.69) is 20.1 Å². The van der Waals surface area contributed by atoms with E-state index in [0.717, 1.165) is 0 Å². The van der Waals surface area contributed by atoms with E-state index < -0.39 is 67.7 Å². The van der Waals surface area contributed by atoms with Crippen LogP contribution in [0.25, 0.3) is 20.9 Å². The first-order valence-electron chi connectivity index (χ1n) is 7.76. The third kappa shape index (κ3) is 4.00. The average molecular weight is 376 g/mol. The van der Waals surface area contributed by atoms with Gasteiger partial charge in [-0.2, -0.15) is 0 Å². The lowest BCUT2D eigenvalue weighted by Crippen LogP contribution is -2.63. The van der Waals surface area contributed by atoms with Crippen LogP contribution in [0, 0.1) is 0 Å². The molecule has 14 heteroatoms. The van der Waals surface area contributed by atoms with Crippen LogP contribution in [0.3, 0.4) is 0 Å². The van der Waals surface area contributed by atoms with Gasteiger partial charge < -0.3 is 40.1 Å². The Bertz CT molecular complexity index is 582. The summed E-state index contributed by atoms with van der Waals surface area (Å²) in [5.74, 6) is 0. The van der Waals surface area contributed by atoms with E-state index in [-0.39, 0.29) is 6.42 Å². The maximum atomic E-state index is 10.2. The number of hydrogen-bond acceptors (Lipinski definition) is 10. The Kier molecular flexibility index (Phi) is 6.97. The van der Waals surface area contributed by atoms with E-state index in [9.17, 15) is 30.6 Å². The molecule has 6 N–H and O–H groups in total. The van der Waals surface area contributed by atoms with Crippen LogP contribution in [0.1, 0.15) is 6.42 Å². The summed E-state index contributed by atoms with van der Waals surface area (Å²) in [6.07, 6.45) is -12.6. The molecular formula is C12H20N6O8. The van der Waals surface area contributed by atoms with Crippen LogP contribution in [0.4, 0.5) is 0 Å². The van der Waals surface area contributed by atoms with Gasteiger partial charge in [-0.05, 0) is 17.5 Å². The molecule has 1 saturated heterocycles. The van der Waals surface area contributed by atoms with Gasteiger partial charge in [-0.3, -0.25) is 0 Å². The predicted molar refractivity (Wildman–Crippen MR) is 81.1 cm³/mol. The van der Waals surface area contributed by atoms with Crippen LogP contribution in [0.2, 0.25) is 0 Å². The summed E-state index contributed by atoms with van der Waals surface area (Å²) in [6, 6.07) is -2.15. The Morgan fingerprint density at radius 3 is 2.08 bits per heavy atom. The molecule has 1 saturated carbocycles. The van der Waals surface area contributed by atoms with Crippen molar-refractivity contribution in [1.82, 2.24) is 0 Å². The molecule has 0 aromatic carbocycles. The van der Waals surface area contributed by atoms with Gasteiger partial charge in [-0.25, -0.2) is 0 Å². The topological polar surface area (TPSA) is 237 Å². The summed E-state index contributed by atoms with van der Waals surface area (Å²) in [6.45, 7) is -0.681. The second-order valence-electron chi connectivity index (χ2n) is 6.06. The first kappa shape index (κ1) is 20.6. The first-order chi connectivity index (χ1) is 12.3. The van der Waals surface area contributed by atoms with Gasteiger partial charge in [-0.15, -0.1) is 0 Å². The minimum Gasteiger partial charge on any atom is -0.394 e. The summed E-state index contributed by atoms with van der Waals surface area (Å²) in [5.41, 5.74) is 17.2. The fraction of sp³-hybridized carbons (Fsp3) is 1.00. The van der Waals surface area contributed by atoms with Gasteiger partial charge >= 0.3 is 0 Å². The molecule has 0 bridgehead atoms. The van der Waals surface area contributed by atoms with Crippen molar-refractivity contribution in [2.24, 2.45) is 10.2 Å². The molecule has 0 aromatic heterocycles. The Hall–Kier alpha value is -1.70. The highest BCUT2D eigenvalue weighted by molar-refractivity contribution is 5.01. The van der Waals surface area contributed by atoms with E-state index in [4.69, 9.17) is 20.5 Å². The Morgan fingerprint density at radius 2 is 1.50 bits per heavy atom. The van der Waals surface area contributed by atoms with Crippen LogP contribution in [-0.4, -0.2) is 98.3 Å². The Labute approximate surface area is 146 Å². The predicted octanol–water partition coefficient (Wildman–Crippen LogP) is -2.35. The standard InChI is InChI=1S/C12H20N6O8/c13-17-15-3-1-4(16-18-14)11(9(23)6(3)20)26-12-10(24)8(22)7(21)5(2-19)25-12/h3-12,19-24H,1-2H2/t3?,4?,5-,6+,7-,8+,9-,10-,11-,12+/m1/s1. The normalized spacial score (nSPS) is 46.1. The van der Waals surface area contributed by atoms with E-state index >= 15 is 0 Å². The molecule has 0 spiro atoms. The largest absolute Gasteiger partial charge is 0.394 e. The van der Waals surface area contributed by atoms with Crippen LogP contribution in [0.15, 0.2) is 10.2 Å². The van der Waals surface area contributed by atoms with Crippen LogP contribution >= 0.6 is 0 Å². The lowest BCUT2D eigenvalue weighted by molar-refractivity contribution is -0.323. The molecule has 2 fully saturated rings. The minimum absolute atomic E-state index is 0.144. The van der Waals surface area contributed by atoms with Gasteiger partial charge in [0, 0.05) is 9.82 Å². The summed E-state index contributed by atoms with van der Waals surface area (Å²) in [7, 11) is 0. The molecule has 0 radical (unpaired) electrons. The molecule has 2 rings (SSSR count). The van der Waals surface area contributed by atoms with E-state index in [1.54, 1.807) is 0 Å². The highest BCUT2D eigenvalue weighted by Gasteiger charge is 2.49. The molecule has 2 unspecified atom stereocenters. The van der Waals surface area contributed by atoms with Crippen molar-refractivity contribution >= 4 is 0 Å². The van der Waals surface area contributed by atoms with Crippen molar-refractivity contribution in [3.63, 3.8) is 0 Å². The van der Waals surface area contributed by atoms with Crippen LogP contribution in [-0.2, 0) is 9.47 Å². The summed E-state index contributed by atoms with van der Waals surface area (Å²) >= 11 is 0. The number of nitrogens with zero attached hydrogens (tertiary/aromatic N) is 6. The van der Waals surface area contributed by atoms with Crippen molar-refractivity contribution in [2.75, 3.05) is 6.61 Å². The smallest absolute Gasteiger partial charge is 0.187 e. The first-order valence-corrected chi connectivity index (χ1v) is 7.76. The Balaban J connectivity index is 2.21. The summed E-state index contributed by atoms with van der Waals surface area (Å²) < 4.78 is 10.6. The third-order valence-electron chi connectivity index (χ3n) is 4.48. The van der Waals surface area contributed by atoms with E-state index in [1.807, 2.05) is 0 Å². The highest BCUT2D eigenvalue weighted by atomic mass is 16.7. The van der Waals surface area contributed by atoms with Gasteiger partial charge in [-0.1, -0.05) is 10.2 Å². The van der Waals surface area contributed by atoms with Gasteiger partial charge in [0.2, 0.25) is 0 Å². The molecule has 10 atom stereocenters. The molecule has 0 amide bonds. The number of aliphatic hydroxyl groups is 6. The monoisotopic (exact) mass is 376 g/mol. The number of ether oxygens (including phenoxy) is 2. The van der Waals surface area contributed by atoms with Crippen LogP contribution < -0.4 is 0 Å². The molecular weight excluding hydrogens is 356 g/mol. The number of aliphatic hydroxyl groups excluding tert-OH is 6. The maximum absolute atomic E-state index is 10.2. The van der Waals surface area contributed by atoms with Crippen molar-refractivity contribution in [3.8, 4) is 0 Å². The molecule has 2 aliphatic rings. The number of hydrogen-bond donors (Lipinski definition) is 6. The maximum Gasteiger partial charge on any atom is 0.187 e. The summed E-state index contributed by atoms with van der Waals surface area (Å²) in [4.78, 5) is 5.17. The molecule has 14 nitrogen and oxygen atoms in total. The van der Waals surface area contributed by atoms with Gasteiger partial charge in [0.15, 0.2) is 6.29 Å². The lowest BCUT2D eigenvalue weighted by Gasteiger charge is -2.45. The van der Waals surface area contributed by atoms with Gasteiger partial charge in [0.1, 0.15) is 30.5 Å². The molecule has 0 aromatic rings. The zero-order valence-corrected chi connectivity index (χ0v) is 13.4. The SMILES string of the molecule is [N-]=[N+]=NC1CC(N=[N+]=[N-])[C@H](O)[C@@H](O)[C@@H]1O[C@@H]1O[C@H](CO)[C@@H](O)[C@H](O)[C@H]1O. The molecule has 1 aliphatic carbocycles. The summed E-state index contributed by atoms with van der Waals surface area (Å²) in [5, 5.41) is 65.8. The zero-order chi connectivity index (χ0) is 19.4.